The van der Waals surface area contributed by atoms with Crippen molar-refractivity contribution in [3.8, 4) is 17.4 Å². The first-order valence-corrected chi connectivity index (χ1v) is 9.59. The van der Waals surface area contributed by atoms with Gasteiger partial charge in [-0.3, -0.25) is 14.9 Å². The number of fused-ring (bicyclic) bond motifs is 1. The van der Waals surface area contributed by atoms with Crippen molar-refractivity contribution < 1.29 is 28.3 Å². The van der Waals surface area contributed by atoms with Gasteiger partial charge >= 0.3 is 0 Å². The molecule has 2 aromatic heterocycles. The minimum absolute atomic E-state index is 0.00506. The minimum Gasteiger partial charge on any atom is -0.539 e. The quantitative estimate of drug-likeness (QED) is 0.372. The molecule has 1 N–H and O–H groups in total. The summed E-state index contributed by atoms with van der Waals surface area (Å²) in [5.41, 5.74) is 2.89. The van der Waals surface area contributed by atoms with Gasteiger partial charge in [0.1, 0.15) is 5.52 Å². The van der Waals surface area contributed by atoms with Gasteiger partial charge in [0.25, 0.3) is 5.91 Å². The molecule has 1 aliphatic rings. The topological polar surface area (TPSA) is 128 Å². The van der Waals surface area contributed by atoms with E-state index < -0.39 is 12.0 Å². The van der Waals surface area contributed by atoms with Gasteiger partial charge in [0.15, 0.2) is 18.6 Å². The zero-order valence-corrected chi connectivity index (χ0v) is 16.4. The normalized spacial score (nSPS) is 16.5. The van der Waals surface area contributed by atoms with Gasteiger partial charge in [0.2, 0.25) is 17.5 Å². The molecule has 1 atom stereocenters. The number of hydrogen-bond acceptors (Lipinski definition) is 8. The number of nitrogens with one attached hydrogen (secondary N) is 1. The summed E-state index contributed by atoms with van der Waals surface area (Å²) in [5.74, 6) is -0.833. The van der Waals surface area contributed by atoms with Crippen LogP contribution >= 0.6 is 0 Å². The van der Waals surface area contributed by atoms with Crippen molar-refractivity contribution in [3.63, 3.8) is 0 Å². The monoisotopic (exact) mass is 419 g/mol. The number of carbonyl (C=O) groups is 2. The predicted octanol–water partition coefficient (Wildman–Crippen LogP) is 0.803. The van der Waals surface area contributed by atoms with Gasteiger partial charge in [-0.15, -0.1) is 0 Å². The maximum absolute atomic E-state index is 12.8. The smallest absolute Gasteiger partial charge is 0.251 e. The summed E-state index contributed by atoms with van der Waals surface area (Å²) in [6, 6.07) is 13.6. The van der Waals surface area contributed by atoms with Crippen LogP contribution in [0, 0.1) is 0 Å². The lowest BCUT2D eigenvalue weighted by Gasteiger charge is -2.15. The van der Waals surface area contributed by atoms with Crippen molar-refractivity contribution in [1.29, 1.82) is 0 Å². The van der Waals surface area contributed by atoms with Gasteiger partial charge < -0.3 is 14.0 Å². The first-order valence-electron chi connectivity index (χ1n) is 9.59. The summed E-state index contributed by atoms with van der Waals surface area (Å²) in [6.07, 6.45) is -0.00506. The van der Waals surface area contributed by atoms with E-state index in [9.17, 15) is 14.7 Å². The van der Waals surface area contributed by atoms with Gasteiger partial charge in [-0.2, -0.15) is 0 Å². The highest BCUT2D eigenvalue weighted by Gasteiger charge is 2.39. The first-order chi connectivity index (χ1) is 15.0. The predicted molar refractivity (Wildman–Crippen MR) is 104 cm³/mol. The molecule has 1 unspecified atom stereocenters. The van der Waals surface area contributed by atoms with Crippen LogP contribution in [0.15, 0.2) is 57.5 Å². The maximum atomic E-state index is 12.8. The number of oxazole rings is 1. The summed E-state index contributed by atoms with van der Waals surface area (Å²) < 4.78 is 11.6. The van der Waals surface area contributed by atoms with Crippen molar-refractivity contribution in [2.75, 3.05) is 4.90 Å². The first kappa shape index (κ1) is 18.9. The second-order valence-electron chi connectivity index (χ2n) is 7.17. The standard InChI is InChI=1S/C21H17N5O5/c1-25-16(21(29)31-24-25)11-22-15-10-18(27)26(20(15)28)13-8-6-12(7-9-13)19-23-14-4-2-3-5-17(14)30-19/h2-9,15,22H,10-11H2,1H3. The highest BCUT2D eigenvalue weighted by atomic mass is 16.6. The Labute approximate surface area is 175 Å². The largest absolute Gasteiger partial charge is 0.539 e. The molecule has 0 saturated carbocycles. The Morgan fingerprint density at radius 3 is 2.68 bits per heavy atom. The second-order valence-corrected chi connectivity index (χ2v) is 7.17. The van der Waals surface area contributed by atoms with Crippen molar-refractivity contribution >= 4 is 28.6 Å². The fraction of sp³-hybridized carbons (Fsp3) is 0.190. The van der Waals surface area contributed by atoms with E-state index in [0.717, 1.165) is 16.0 Å². The molecule has 10 nitrogen and oxygen atoms in total. The van der Waals surface area contributed by atoms with Crippen LogP contribution < -0.4 is 20.0 Å². The van der Waals surface area contributed by atoms with E-state index in [-0.39, 0.29) is 30.5 Å². The molecule has 2 amide bonds. The van der Waals surface area contributed by atoms with E-state index in [2.05, 4.69) is 20.1 Å². The number of amides is 2. The molecule has 0 aliphatic carbocycles. The molecule has 1 aliphatic heterocycles. The summed E-state index contributed by atoms with van der Waals surface area (Å²) in [6.45, 7) is 0.0625. The van der Waals surface area contributed by atoms with Crippen LogP contribution in [-0.4, -0.2) is 28.1 Å². The molecule has 0 bridgehead atoms. The van der Waals surface area contributed by atoms with Crippen molar-refractivity contribution in [3.05, 3.63) is 54.2 Å². The number of aromatic nitrogens is 3. The number of para-hydroxylation sites is 2. The van der Waals surface area contributed by atoms with Crippen LogP contribution in [0.4, 0.5) is 5.69 Å². The highest BCUT2D eigenvalue weighted by Crippen LogP contribution is 2.28. The third kappa shape index (κ3) is 3.32. The highest BCUT2D eigenvalue weighted by molar-refractivity contribution is 6.22. The number of aryl methyl sites for hydroxylation is 1. The maximum Gasteiger partial charge on any atom is 0.251 e. The molecule has 0 spiro atoms. The summed E-state index contributed by atoms with van der Waals surface area (Å²) in [7, 11) is 1.56. The Balaban J connectivity index is 1.32. The fourth-order valence-corrected chi connectivity index (χ4v) is 3.55. The number of hydrogen-bond donors (Lipinski definition) is 1. The van der Waals surface area contributed by atoms with E-state index in [0.29, 0.717) is 17.2 Å². The molecule has 1 saturated heterocycles. The lowest BCUT2D eigenvalue weighted by molar-refractivity contribution is -0.746. The van der Waals surface area contributed by atoms with E-state index >= 15 is 0 Å². The van der Waals surface area contributed by atoms with Crippen LogP contribution in [0.1, 0.15) is 12.1 Å². The molecular formula is C21H17N5O5. The number of anilines is 1. The molecule has 3 heterocycles. The van der Waals surface area contributed by atoms with Crippen LogP contribution in [0.3, 0.4) is 0 Å². The molecule has 5 rings (SSSR count). The van der Waals surface area contributed by atoms with Crippen molar-refractivity contribution in [2.45, 2.75) is 19.0 Å². The molecule has 31 heavy (non-hydrogen) atoms. The van der Waals surface area contributed by atoms with Crippen LogP contribution in [0.5, 0.6) is 5.95 Å². The molecule has 1 fully saturated rings. The van der Waals surface area contributed by atoms with Crippen LogP contribution in [0.2, 0.25) is 0 Å². The number of carbonyl (C=O) groups excluding carboxylic acids is 2. The summed E-state index contributed by atoms with van der Waals surface area (Å²) in [4.78, 5) is 30.9. The molecule has 156 valence electrons. The zero-order valence-electron chi connectivity index (χ0n) is 16.4. The average Bonchev–Trinajstić information content (AvgIpc) is 3.42. The van der Waals surface area contributed by atoms with Crippen molar-refractivity contribution in [2.24, 2.45) is 7.05 Å². The lowest BCUT2D eigenvalue weighted by atomic mass is 10.2. The van der Waals surface area contributed by atoms with Crippen LogP contribution in [-0.2, 0) is 23.2 Å². The SMILES string of the molecule is C[n+]1noc([O-])c1CNC1CC(=O)N(c2ccc(-c3nc4ccccc4o3)cc2)C1=O. The van der Waals surface area contributed by atoms with E-state index in [1.165, 1.54) is 4.68 Å². The molecule has 2 aromatic carbocycles. The molecular weight excluding hydrogens is 402 g/mol. The van der Waals surface area contributed by atoms with Gasteiger partial charge in [0.05, 0.1) is 30.0 Å². The van der Waals surface area contributed by atoms with Crippen molar-refractivity contribution in [1.82, 2.24) is 15.6 Å². The number of benzene rings is 2. The number of rotatable bonds is 5. The average molecular weight is 419 g/mol. The Morgan fingerprint density at radius 2 is 1.97 bits per heavy atom. The Hall–Kier alpha value is -4.05. The third-order valence-electron chi connectivity index (χ3n) is 5.20. The Bertz CT molecular complexity index is 1240. The zero-order chi connectivity index (χ0) is 21.5. The molecule has 4 aromatic rings. The third-order valence-corrected chi connectivity index (χ3v) is 5.20. The molecule has 0 radical (unpaired) electrons. The number of nitrogens with zero attached hydrogens (tertiary/aromatic N) is 4. The van der Waals surface area contributed by atoms with E-state index in [1.807, 2.05) is 24.3 Å². The second kappa shape index (κ2) is 7.33. The summed E-state index contributed by atoms with van der Waals surface area (Å²) >= 11 is 0. The fourth-order valence-electron chi connectivity index (χ4n) is 3.55. The van der Waals surface area contributed by atoms with Gasteiger partial charge in [-0.25, -0.2) is 9.88 Å². The summed E-state index contributed by atoms with van der Waals surface area (Å²) in [5, 5.41) is 18.1. The lowest BCUT2D eigenvalue weighted by Crippen LogP contribution is -2.42. The van der Waals surface area contributed by atoms with E-state index in [4.69, 9.17) is 4.42 Å². The van der Waals surface area contributed by atoms with Gasteiger partial charge in [0, 0.05) is 5.56 Å². The van der Waals surface area contributed by atoms with Gasteiger partial charge in [-0.1, -0.05) is 16.8 Å². The van der Waals surface area contributed by atoms with Gasteiger partial charge in [-0.05, 0) is 36.4 Å². The van der Waals surface area contributed by atoms with Crippen LogP contribution in [0.25, 0.3) is 22.6 Å². The Kier molecular flexibility index (Phi) is 4.48. The Morgan fingerprint density at radius 1 is 1.19 bits per heavy atom. The minimum atomic E-state index is -0.737. The van der Waals surface area contributed by atoms with E-state index in [1.54, 1.807) is 31.3 Å². The molecule has 10 heteroatoms. The number of imide groups is 1.